The molecule has 4 amide bonds. The van der Waals surface area contributed by atoms with Crippen LogP contribution in [0.15, 0.2) is 66.7 Å². The molecule has 3 aromatic carbocycles. The highest BCUT2D eigenvalue weighted by atomic mass is 35.5. The predicted molar refractivity (Wildman–Crippen MR) is 167 cm³/mol. The van der Waals surface area contributed by atoms with E-state index in [0.717, 1.165) is 43.4 Å². The van der Waals surface area contributed by atoms with Crippen molar-refractivity contribution < 1.29 is 18.8 Å². The lowest BCUT2D eigenvalue weighted by Crippen LogP contribution is -2.46. The van der Waals surface area contributed by atoms with Crippen LogP contribution in [0.25, 0.3) is 0 Å². The van der Waals surface area contributed by atoms with E-state index in [-0.39, 0.29) is 36.2 Å². The summed E-state index contributed by atoms with van der Waals surface area (Å²) in [4.78, 5) is 43.4. The van der Waals surface area contributed by atoms with Gasteiger partial charge in [-0.05, 0) is 79.4 Å². The van der Waals surface area contributed by atoms with Crippen molar-refractivity contribution in [2.75, 3.05) is 36.4 Å². The maximum absolute atomic E-state index is 13.6. The van der Waals surface area contributed by atoms with E-state index in [1.165, 1.54) is 18.6 Å². The highest BCUT2D eigenvalue weighted by molar-refractivity contribution is 6.30. The van der Waals surface area contributed by atoms with Gasteiger partial charge in [0.25, 0.3) is 11.8 Å². The van der Waals surface area contributed by atoms with E-state index in [0.29, 0.717) is 48.0 Å². The lowest BCUT2D eigenvalue weighted by Gasteiger charge is -2.28. The number of carbonyl (C=O) groups is 3. The molecule has 0 aromatic heterocycles. The van der Waals surface area contributed by atoms with Crippen LogP contribution >= 0.6 is 11.6 Å². The Kier molecular flexibility index (Phi) is 10.1. The fraction of sp³-hybridized carbons (Fsp3) is 0.364. The first-order valence-electron chi connectivity index (χ1n) is 14.9. The van der Waals surface area contributed by atoms with Gasteiger partial charge in [0.05, 0.1) is 5.56 Å². The fourth-order valence-electron chi connectivity index (χ4n) is 5.63. The van der Waals surface area contributed by atoms with Crippen LogP contribution in [0, 0.1) is 5.82 Å². The van der Waals surface area contributed by atoms with Crippen LogP contribution < -0.4 is 20.9 Å². The molecule has 0 atom stereocenters. The normalized spacial score (nSPS) is 15.9. The van der Waals surface area contributed by atoms with Gasteiger partial charge < -0.3 is 25.8 Å². The summed E-state index contributed by atoms with van der Waals surface area (Å²) in [5.74, 6) is -0.987. The van der Waals surface area contributed by atoms with Gasteiger partial charge in [0, 0.05) is 60.7 Å². The number of urea groups is 1. The predicted octanol–water partition coefficient (Wildman–Crippen LogP) is 6.22. The number of amides is 4. The zero-order valence-electron chi connectivity index (χ0n) is 24.1. The molecule has 2 aliphatic rings. The van der Waals surface area contributed by atoms with Crippen molar-refractivity contribution in [1.29, 1.82) is 0 Å². The molecule has 10 heteroatoms. The third-order valence-electron chi connectivity index (χ3n) is 8.03. The first kappa shape index (κ1) is 30.4. The Hall–Kier alpha value is -4.11. The zero-order valence-corrected chi connectivity index (χ0v) is 24.8. The summed E-state index contributed by atoms with van der Waals surface area (Å²) in [6, 6.07) is 18.0. The molecule has 3 aromatic rings. The molecule has 0 bridgehead atoms. The molecule has 43 heavy (non-hydrogen) atoms. The first-order chi connectivity index (χ1) is 20.9. The summed E-state index contributed by atoms with van der Waals surface area (Å²) in [7, 11) is 0. The topological polar surface area (TPSA) is 93.8 Å². The largest absolute Gasteiger partial charge is 0.369 e. The van der Waals surface area contributed by atoms with E-state index in [1.807, 2.05) is 11.0 Å². The lowest BCUT2D eigenvalue weighted by atomic mass is 9.96. The minimum absolute atomic E-state index is 0.0220. The van der Waals surface area contributed by atoms with Gasteiger partial charge in [0.2, 0.25) is 0 Å². The van der Waals surface area contributed by atoms with Gasteiger partial charge in [0.15, 0.2) is 0 Å². The van der Waals surface area contributed by atoms with E-state index in [2.05, 4.69) is 20.9 Å². The molecular weight excluding hydrogens is 569 g/mol. The summed E-state index contributed by atoms with van der Waals surface area (Å²) in [6.07, 6.45) is 6.35. The minimum Gasteiger partial charge on any atom is -0.369 e. The summed E-state index contributed by atoms with van der Waals surface area (Å²) < 4.78 is 13.4. The lowest BCUT2D eigenvalue weighted by molar-refractivity contribution is 0.0950. The number of hydrogen-bond acceptors (Lipinski definition) is 4. The Bertz CT molecular complexity index is 1430. The van der Waals surface area contributed by atoms with Gasteiger partial charge in [-0.1, -0.05) is 43.0 Å². The van der Waals surface area contributed by atoms with Crippen LogP contribution in [0.5, 0.6) is 0 Å². The van der Waals surface area contributed by atoms with Crippen molar-refractivity contribution >= 4 is 40.8 Å². The number of rotatable bonds is 7. The van der Waals surface area contributed by atoms with Crippen LogP contribution in [0.2, 0.25) is 5.02 Å². The Labute approximate surface area is 256 Å². The van der Waals surface area contributed by atoms with Crippen molar-refractivity contribution in [3.63, 3.8) is 0 Å². The van der Waals surface area contributed by atoms with Gasteiger partial charge in [-0.15, -0.1) is 0 Å². The van der Waals surface area contributed by atoms with Crippen molar-refractivity contribution in [1.82, 2.24) is 15.5 Å². The zero-order chi connectivity index (χ0) is 30.2. The van der Waals surface area contributed by atoms with Crippen LogP contribution in [0.1, 0.15) is 64.8 Å². The molecule has 5 rings (SSSR count). The molecule has 0 spiro atoms. The molecule has 3 N–H and O–H groups in total. The Morgan fingerprint density at radius 1 is 0.814 bits per heavy atom. The Balaban J connectivity index is 1.32. The standard InChI is InChI=1S/C33H37ClFN5O3/c34-25-11-9-24(10-12-25)31(41)37-28-15-16-30(29(21-28)32(42)36-22-23-7-13-26(35)14-8-23)39-17-4-18-40(20-19-39)33(43)38-27-5-2-1-3-6-27/h7-16,21,27H,1-6,17-20,22H2,(H,36,42)(H,37,41)(H,38,43). The van der Waals surface area contributed by atoms with E-state index >= 15 is 0 Å². The SMILES string of the molecule is O=C(Nc1ccc(N2CCCN(C(=O)NC3CCCCC3)CC2)c(C(=O)NCc2ccc(F)cc2)c1)c1ccc(Cl)cc1. The van der Waals surface area contributed by atoms with Crippen LogP contribution in [0.3, 0.4) is 0 Å². The average molecular weight is 606 g/mol. The van der Waals surface area contributed by atoms with E-state index in [4.69, 9.17) is 11.6 Å². The Morgan fingerprint density at radius 2 is 1.56 bits per heavy atom. The van der Waals surface area contributed by atoms with E-state index in [9.17, 15) is 18.8 Å². The highest BCUT2D eigenvalue weighted by Gasteiger charge is 2.25. The summed E-state index contributed by atoms with van der Waals surface area (Å²) in [5, 5.41) is 9.55. The van der Waals surface area contributed by atoms with E-state index < -0.39 is 0 Å². The molecular formula is C33H37ClFN5O3. The number of benzene rings is 3. The van der Waals surface area contributed by atoms with Crippen molar-refractivity contribution in [2.24, 2.45) is 0 Å². The monoisotopic (exact) mass is 605 g/mol. The van der Waals surface area contributed by atoms with Crippen molar-refractivity contribution in [3.8, 4) is 0 Å². The Morgan fingerprint density at radius 3 is 2.30 bits per heavy atom. The molecule has 1 aliphatic heterocycles. The van der Waals surface area contributed by atoms with Crippen LogP contribution in [0.4, 0.5) is 20.6 Å². The second-order valence-electron chi connectivity index (χ2n) is 11.1. The fourth-order valence-corrected chi connectivity index (χ4v) is 5.76. The van der Waals surface area contributed by atoms with Gasteiger partial charge in [-0.3, -0.25) is 9.59 Å². The quantitative estimate of drug-likeness (QED) is 0.298. The minimum atomic E-state index is -0.343. The number of halogens is 2. The molecule has 1 heterocycles. The molecule has 8 nitrogen and oxygen atoms in total. The number of nitrogens with one attached hydrogen (secondary N) is 3. The second kappa shape index (κ2) is 14.4. The maximum atomic E-state index is 13.6. The third-order valence-corrected chi connectivity index (χ3v) is 8.28. The number of carbonyl (C=O) groups excluding carboxylic acids is 3. The van der Waals surface area contributed by atoms with Gasteiger partial charge in [-0.25, -0.2) is 9.18 Å². The van der Waals surface area contributed by atoms with Crippen molar-refractivity contribution in [2.45, 2.75) is 51.1 Å². The number of nitrogens with zero attached hydrogens (tertiary/aromatic N) is 2. The maximum Gasteiger partial charge on any atom is 0.317 e. The summed E-state index contributed by atoms with van der Waals surface area (Å²) >= 11 is 5.96. The molecule has 2 fully saturated rings. The first-order valence-corrected chi connectivity index (χ1v) is 15.3. The third kappa shape index (κ3) is 8.26. The molecule has 0 unspecified atom stereocenters. The van der Waals surface area contributed by atoms with E-state index in [1.54, 1.807) is 48.5 Å². The number of hydrogen-bond donors (Lipinski definition) is 3. The molecule has 226 valence electrons. The molecule has 1 saturated carbocycles. The van der Waals surface area contributed by atoms with Gasteiger partial charge in [-0.2, -0.15) is 0 Å². The highest BCUT2D eigenvalue weighted by Crippen LogP contribution is 2.27. The van der Waals surface area contributed by atoms with Gasteiger partial charge in [0.1, 0.15) is 5.82 Å². The number of anilines is 2. The second-order valence-corrected chi connectivity index (χ2v) is 11.6. The molecule has 1 aliphatic carbocycles. The average Bonchev–Trinajstić information content (AvgIpc) is 3.28. The summed E-state index contributed by atoms with van der Waals surface area (Å²) in [6.45, 7) is 2.62. The van der Waals surface area contributed by atoms with Crippen LogP contribution in [-0.4, -0.2) is 55.0 Å². The summed E-state index contributed by atoms with van der Waals surface area (Å²) in [5.41, 5.74) is 2.79. The smallest absolute Gasteiger partial charge is 0.317 e. The van der Waals surface area contributed by atoms with Crippen LogP contribution in [-0.2, 0) is 6.54 Å². The van der Waals surface area contributed by atoms with Gasteiger partial charge >= 0.3 is 6.03 Å². The molecule has 1 saturated heterocycles. The van der Waals surface area contributed by atoms with Crippen molar-refractivity contribution in [3.05, 3.63) is 94.3 Å². The molecule has 0 radical (unpaired) electrons.